The third-order valence-corrected chi connectivity index (χ3v) is 6.22. The maximum absolute atomic E-state index is 6.01. The first-order valence-electron chi connectivity index (χ1n) is 9.28. The Morgan fingerprint density at radius 1 is 1.08 bits per heavy atom. The van der Waals surface area contributed by atoms with Gasteiger partial charge in [0.05, 0.1) is 6.04 Å². The number of benzene rings is 2. The number of fused-ring (bicyclic) bond motifs is 1. The van der Waals surface area contributed by atoms with Crippen molar-refractivity contribution in [3.8, 4) is 5.75 Å². The summed E-state index contributed by atoms with van der Waals surface area (Å²) in [5.41, 5.74) is 3.97. The molecule has 0 aromatic heterocycles. The van der Waals surface area contributed by atoms with E-state index in [1.54, 1.807) is 0 Å². The summed E-state index contributed by atoms with van der Waals surface area (Å²) < 4.78 is 8.24. The summed E-state index contributed by atoms with van der Waals surface area (Å²) in [4.78, 5) is 2.38. The number of nitrogens with zero attached hydrogens (tertiary/aromatic N) is 1. The predicted octanol–water partition coefficient (Wildman–Crippen LogP) is 5.17. The largest absolute Gasteiger partial charge is 0.492 e. The van der Waals surface area contributed by atoms with Gasteiger partial charge in [0, 0.05) is 22.0 Å². The van der Waals surface area contributed by atoms with Gasteiger partial charge in [-0.1, -0.05) is 51.8 Å². The molecule has 0 bridgehead atoms. The van der Waals surface area contributed by atoms with Crippen LogP contribution in [0.1, 0.15) is 36.6 Å². The Morgan fingerprint density at radius 2 is 1.88 bits per heavy atom. The van der Waals surface area contributed by atoms with Crippen LogP contribution in [-0.2, 0) is 6.42 Å². The van der Waals surface area contributed by atoms with Crippen LogP contribution >= 0.6 is 31.9 Å². The van der Waals surface area contributed by atoms with Gasteiger partial charge in [-0.2, -0.15) is 0 Å². The first kappa shape index (κ1) is 19.9. The van der Waals surface area contributed by atoms with E-state index >= 15 is 0 Å². The van der Waals surface area contributed by atoms with Crippen molar-refractivity contribution >= 4 is 31.9 Å². The average molecular weight is 482 g/mol. The SMILES string of the molecule is CCN(CC)CCOc1ccc2c(c1)CCNC2c1cc(Br)ccc1Br. The fraction of sp³-hybridized carbons (Fsp3) is 0.429. The summed E-state index contributed by atoms with van der Waals surface area (Å²) in [5, 5.41) is 3.65. The number of halogens is 2. The molecule has 3 nitrogen and oxygen atoms in total. The number of hydrogen-bond acceptors (Lipinski definition) is 3. The van der Waals surface area contributed by atoms with E-state index in [0.717, 1.165) is 53.9 Å². The van der Waals surface area contributed by atoms with Crippen LogP contribution in [0.4, 0.5) is 0 Å². The Morgan fingerprint density at radius 3 is 2.65 bits per heavy atom. The van der Waals surface area contributed by atoms with Gasteiger partial charge in [0.2, 0.25) is 0 Å². The molecule has 1 unspecified atom stereocenters. The molecule has 1 atom stereocenters. The summed E-state index contributed by atoms with van der Waals surface area (Å²) in [5.74, 6) is 0.977. The van der Waals surface area contributed by atoms with E-state index in [9.17, 15) is 0 Å². The molecule has 5 heteroatoms. The topological polar surface area (TPSA) is 24.5 Å². The molecule has 0 amide bonds. The van der Waals surface area contributed by atoms with Gasteiger partial charge in [0.15, 0.2) is 0 Å². The van der Waals surface area contributed by atoms with Gasteiger partial charge in [0.25, 0.3) is 0 Å². The van der Waals surface area contributed by atoms with Crippen LogP contribution in [0.3, 0.4) is 0 Å². The lowest BCUT2D eigenvalue weighted by Crippen LogP contribution is -2.31. The van der Waals surface area contributed by atoms with E-state index in [2.05, 4.69) is 92.3 Å². The quantitative estimate of drug-likeness (QED) is 0.590. The third-order valence-electron chi connectivity index (χ3n) is 5.01. The molecule has 1 aliphatic heterocycles. The maximum atomic E-state index is 6.01. The van der Waals surface area contributed by atoms with Crippen molar-refractivity contribution in [2.45, 2.75) is 26.3 Å². The number of rotatable bonds is 7. The van der Waals surface area contributed by atoms with Crippen LogP contribution in [0.25, 0.3) is 0 Å². The standard InChI is InChI=1S/C21H26Br2N2O/c1-3-25(4-2)11-12-26-17-6-7-18-15(13-17)9-10-24-21(18)19-14-16(22)5-8-20(19)23/h5-8,13-14,21,24H,3-4,9-12H2,1-2H3. The first-order chi connectivity index (χ1) is 12.6. The highest BCUT2D eigenvalue weighted by molar-refractivity contribution is 9.11. The van der Waals surface area contributed by atoms with Crippen molar-refractivity contribution in [3.63, 3.8) is 0 Å². The summed E-state index contributed by atoms with van der Waals surface area (Å²) in [7, 11) is 0. The summed E-state index contributed by atoms with van der Waals surface area (Å²) in [6.07, 6.45) is 1.03. The Labute approximate surface area is 173 Å². The zero-order chi connectivity index (χ0) is 18.5. The van der Waals surface area contributed by atoms with Crippen molar-refractivity contribution in [3.05, 3.63) is 62.0 Å². The Kier molecular flexibility index (Phi) is 7.15. The number of likely N-dealkylation sites (N-methyl/N-ethyl adjacent to an activating group) is 1. The van der Waals surface area contributed by atoms with Crippen LogP contribution < -0.4 is 10.1 Å². The highest BCUT2D eigenvalue weighted by atomic mass is 79.9. The molecule has 0 spiro atoms. The van der Waals surface area contributed by atoms with E-state index < -0.39 is 0 Å². The fourth-order valence-corrected chi connectivity index (χ4v) is 4.33. The van der Waals surface area contributed by atoms with E-state index in [4.69, 9.17) is 4.74 Å². The molecule has 26 heavy (non-hydrogen) atoms. The van der Waals surface area contributed by atoms with E-state index in [0.29, 0.717) is 0 Å². The third kappa shape index (κ3) is 4.69. The van der Waals surface area contributed by atoms with E-state index in [-0.39, 0.29) is 6.04 Å². The Hall–Kier alpha value is -0.880. The molecule has 0 fully saturated rings. The van der Waals surface area contributed by atoms with Crippen LogP contribution in [0.5, 0.6) is 5.75 Å². The molecule has 3 rings (SSSR count). The van der Waals surface area contributed by atoms with Crippen molar-refractivity contribution in [1.29, 1.82) is 0 Å². The first-order valence-corrected chi connectivity index (χ1v) is 10.9. The molecule has 0 saturated heterocycles. The molecular weight excluding hydrogens is 456 g/mol. The molecule has 0 saturated carbocycles. The Bertz CT molecular complexity index is 747. The second-order valence-electron chi connectivity index (χ2n) is 6.54. The minimum atomic E-state index is 0.204. The van der Waals surface area contributed by atoms with Crippen LogP contribution in [-0.4, -0.2) is 37.7 Å². The van der Waals surface area contributed by atoms with Crippen molar-refractivity contribution in [1.82, 2.24) is 10.2 Å². The highest BCUT2D eigenvalue weighted by Gasteiger charge is 2.23. The van der Waals surface area contributed by atoms with Crippen molar-refractivity contribution in [2.75, 3.05) is 32.8 Å². The molecule has 0 radical (unpaired) electrons. The normalized spacial score (nSPS) is 16.6. The average Bonchev–Trinajstić information content (AvgIpc) is 2.66. The highest BCUT2D eigenvalue weighted by Crippen LogP contribution is 2.35. The summed E-state index contributed by atoms with van der Waals surface area (Å²) in [6, 6.07) is 13.1. The lowest BCUT2D eigenvalue weighted by Gasteiger charge is -2.29. The van der Waals surface area contributed by atoms with Gasteiger partial charge < -0.3 is 15.0 Å². The van der Waals surface area contributed by atoms with Gasteiger partial charge in [-0.05, 0) is 66.5 Å². The van der Waals surface area contributed by atoms with Crippen molar-refractivity contribution in [2.24, 2.45) is 0 Å². The van der Waals surface area contributed by atoms with Crippen molar-refractivity contribution < 1.29 is 4.74 Å². The van der Waals surface area contributed by atoms with Crippen LogP contribution in [0.2, 0.25) is 0 Å². The van der Waals surface area contributed by atoms with E-state index in [1.807, 2.05) is 0 Å². The minimum Gasteiger partial charge on any atom is -0.492 e. The number of nitrogens with one attached hydrogen (secondary N) is 1. The summed E-state index contributed by atoms with van der Waals surface area (Å²) in [6.45, 7) is 9.20. The minimum absolute atomic E-state index is 0.204. The number of hydrogen-bond donors (Lipinski definition) is 1. The maximum Gasteiger partial charge on any atom is 0.119 e. The predicted molar refractivity (Wildman–Crippen MR) is 115 cm³/mol. The fourth-order valence-electron chi connectivity index (χ4n) is 3.48. The molecule has 1 N–H and O–H groups in total. The zero-order valence-corrected chi connectivity index (χ0v) is 18.6. The van der Waals surface area contributed by atoms with Gasteiger partial charge in [0.1, 0.15) is 12.4 Å². The second-order valence-corrected chi connectivity index (χ2v) is 8.31. The van der Waals surface area contributed by atoms with Gasteiger partial charge in [-0.15, -0.1) is 0 Å². The molecule has 2 aromatic rings. The van der Waals surface area contributed by atoms with E-state index in [1.165, 1.54) is 16.7 Å². The molecule has 140 valence electrons. The molecule has 2 aromatic carbocycles. The molecular formula is C21H26Br2N2O. The van der Waals surface area contributed by atoms with Gasteiger partial charge in [-0.25, -0.2) is 0 Å². The van der Waals surface area contributed by atoms with Gasteiger partial charge >= 0.3 is 0 Å². The Balaban J connectivity index is 1.76. The zero-order valence-electron chi connectivity index (χ0n) is 15.4. The molecule has 0 aliphatic carbocycles. The van der Waals surface area contributed by atoms with Crippen LogP contribution in [0.15, 0.2) is 45.3 Å². The smallest absolute Gasteiger partial charge is 0.119 e. The molecule has 1 heterocycles. The second kappa shape index (κ2) is 9.36. The lowest BCUT2D eigenvalue weighted by molar-refractivity contribution is 0.222. The van der Waals surface area contributed by atoms with Gasteiger partial charge in [-0.3, -0.25) is 0 Å². The monoisotopic (exact) mass is 480 g/mol. The van der Waals surface area contributed by atoms with Crippen LogP contribution in [0, 0.1) is 0 Å². The summed E-state index contributed by atoms with van der Waals surface area (Å²) >= 11 is 7.30. The molecule has 1 aliphatic rings. The lowest BCUT2D eigenvalue weighted by atomic mass is 9.90. The number of ether oxygens (including phenoxy) is 1.